The zero-order valence-corrected chi connectivity index (χ0v) is 8.49. The Kier molecular flexibility index (Phi) is 4.33. The summed E-state index contributed by atoms with van der Waals surface area (Å²) < 4.78 is 1.45. The second-order valence-electron chi connectivity index (χ2n) is 2.37. The molecule has 0 aliphatic heterocycles. The molecule has 0 spiro atoms. The third-order valence-electron chi connectivity index (χ3n) is 1.42. The van der Waals surface area contributed by atoms with E-state index < -0.39 is 0 Å². The van der Waals surface area contributed by atoms with Crippen LogP contribution < -0.4 is 5.32 Å². The highest BCUT2D eigenvalue weighted by atomic mass is 32.2. The molecule has 0 fully saturated rings. The average molecular weight is 217 g/mol. The van der Waals surface area contributed by atoms with Crippen molar-refractivity contribution in [3.05, 3.63) is 0 Å². The van der Waals surface area contributed by atoms with Gasteiger partial charge in [0.15, 0.2) is 0 Å². The predicted octanol–water partition coefficient (Wildman–Crippen LogP) is -1.50. The van der Waals surface area contributed by atoms with E-state index in [1.165, 1.54) is 16.4 Å². The van der Waals surface area contributed by atoms with Gasteiger partial charge in [-0.25, -0.2) is 4.68 Å². The molecule has 1 rings (SSSR count). The second-order valence-corrected chi connectivity index (χ2v) is 3.31. The molecule has 14 heavy (non-hydrogen) atoms. The highest BCUT2D eigenvalue weighted by Gasteiger charge is 2.07. The van der Waals surface area contributed by atoms with E-state index in [1.807, 2.05) is 0 Å². The van der Waals surface area contributed by atoms with Crippen LogP contribution in [0.15, 0.2) is 5.16 Å². The molecule has 0 aliphatic carbocycles. The third kappa shape index (κ3) is 2.96. The van der Waals surface area contributed by atoms with Crippen molar-refractivity contribution in [2.75, 3.05) is 19.4 Å². The van der Waals surface area contributed by atoms with Crippen molar-refractivity contribution in [1.82, 2.24) is 25.5 Å². The summed E-state index contributed by atoms with van der Waals surface area (Å²) in [7, 11) is 1.57. The topological polar surface area (TPSA) is 92.9 Å². The average Bonchev–Trinajstić information content (AvgIpc) is 2.62. The number of thioether (sulfide) groups is 1. The fraction of sp³-hybridized carbons (Fsp3) is 0.667. The minimum atomic E-state index is -0.0893. The number of aliphatic hydroxyl groups excluding tert-OH is 1. The van der Waals surface area contributed by atoms with Crippen LogP contribution >= 0.6 is 11.8 Å². The Morgan fingerprint density at radius 3 is 3.14 bits per heavy atom. The molecule has 1 amide bonds. The minimum absolute atomic E-state index is 0.0292. The lowest BCUT2D eigenvalue weighted by atomic mass is 10.7. The maximum atomic E-state index is 10.9. The van der Waals surface area contributed by atoms with Gasteiger partial charge in [-0.2, -0.15) is 0 Å². The third-order valence-corrected chi connectivity index (χ3v) is 2.38. The summed E-state index contributed by atoms with van der Waals surface area (Å²) in [5, 5.41) is 22.5. The summed E-state index contributed by atoms with van der Waals surface area (Å²) in [5.74, 6) is 0.177. The molecule has 0 aliphatic rings. The molecule has 0 radical (unpaired) electrons. The first-order valence-corrected chi connectivity index (χ1v) is 4.97. The summed E-state index contributed by atoms with van der Waals surface area (Å²) in [4.78, 5) is 10.9. The van der Waals surface area contributed by atoms with Gasteiger partial charge in [0.25, 0.3) is 0 Å². The second kappa shape index (κ2) is 5.55. The lowest BCUT2D eigenvalue weighted by Gasteiger charge is -2.00. The first-order valence-electron chi connectivity index (χ1n) is 3.98. The number of nitrogens with one attached hydrogen (secondary N) is 1. The van der Waals surface area contributed by atoms with Crippen LogP contribution in [0.5, 0.6) is 0 Å². The summed E-state index contributed by atoms with van der Waals surface area (Å²) in [6.45, 7) is 0.307. The Morgan fingerprint density at radius 1 is 1.71 bits per heavy atom. The van der Waals surface area contributed by atoms with Gasteiger partial charge in [-0.15, -0.1) is 5.10 Å². The number of hydrogen-bond acceptors (Lipinski definition) is 6. The van der Waals surface area contributed by atoms with Crippen LogP contribution in [0.1, 0.15) is 0 Å². The normalized spacial score (nSPS) is 10.1. The fourth-order valence-corrected chi connectivity index (χ4v) is 1.51. The highest BCUT2D eigenvalue weighted by molar-refractivity contribution is 7.99. The number of carbonyl (C=O) groups is 1. The highest BCUT2D eigenvalue weighted by Crippen LogP contribution is 2.12. The van der Waals surface area contributed by atoms with Gasteiger partial charge in [0.05, 0.1) is 18.9 Å². The van der Waals surface area contributed by atoms with E-state index in [-0.39, 0.29) is 18.3 Å². The van der Waals surface area contributed by atoms with E-state index in [2.05, 4.69) is 20.8 Å². The predicted molar refractivity (Wildman–Crippen MR) is 49.7 cm³/mol. The molecule has 1 aromatic heterocycles. The van der Waals surface area contributed by atoms with Crippen LogP contribution in [0.4, 0.5) is 0 Å². The van der Waals surface area contributed by atoms with Gasteiger partial charge in [-0.05, 0) is 10.4 Å². The van der Waals surface area contributed by atoms with Crippen molar-refractivity contribution in [1.29, 1.82) is 0 Å². The molecule has 1 aromatic rings. The van der Waals surface area contributed by atoms with E-state index >= 15 is 0 Å². The monoisotopic (exact) mass is 217 g/mol. The first kappa shape index (κ1) is 10.9. The van der Waals surface area contributed by atoms with E-state index in [9.17, 15) is 4.79 Å². The number of nitrogens with zero attached hydrogens (tertiary/aromatic N) is 4. The number of aliphatic hydroxyl groups is 1. The molecular formula is C6H11N5O2S. The summed E-state index contributed by atoms with van der Waals surface area (Å²) in [6.07, 6.45) is 0. The minimum Gasteiger partial charge on any atom is -0.394 e. The van der Waals surface area contributed by atoms with Gasteiger partial charge in [0, 0.05) is 7.05 Å². The molecule has 0 bridgehead atoms. The van der Waals surface area contributed by atoms with Crippen LogP contribution in [0, 0.1) is 0 Å². The molecular weight excluding hydrogens is 206 g/mol. The van der Waals surface area contributed by atoms with Crippen LogP contribution in [-0.4, -0.2) is 50.6 Å². The molecule has 2 N–H and O–H groups in total. The van der Waals surface area contributed by atoms with Crippen LogP contribution in [0.25, 0.3) is 0 Å². The van der Waals surface area contributed by atoms with Gasteiger partial charge in [-0.3, -0.25) is 4.79 Å². The van der Waals surface area contributed by atoms with Gasteiger partial charge < -0.3 is 10.4 Å². The largest absolute Gasteiger partial charge is 0.394 e. The molecule has 78 valence electrons. The standard InChI is InChI=1S/C6H11N5O2S/c1-7-5(13)4-14-6-8-9-10-11(6)2-3-12/h12H,2-4H2,1H3,(H,7,13). The first-order chi connectivity index (χ1) is 6.77. The maximum absolute atomic E-state index is 10.9. The number of rotatable bonds is 5. The Morgan fingerprint density at radius 2 is 2.50 bits per heavy atom. The maximum Gasteiger partial charge on any atom is 0.230 e. The molecule has 0 saturated carbocycles. The zero-order valence-electron chi connectivity index (χ0n) is 7.67. The Labute approximate surface area is 84.9 Å². The molecule has 0 unspecified atom stereocenters. The smallest absolute Gasteiger partial charge is 0.230 e. The summed E-state index contributed by atoms with van der Waals surface area (Å²) in [5.41, 5.74) is 0. The van der Waals surface area contributed by atoms with Crippen molar-refractivity contribution in [3.8, 4) is 0 Å². The Hall–Kier alpha value is -1.15. The Bertz CT molecular complexity index is 302. The van der Waals surface area contributed by atoms with Crippen molar-refractivity contribution >= 4 is 17.7 Å². The number of amides is 1. The van der Waals surface area contributed by atoms with Gasteiger partial charge >= 0.3 is 0 Å². The lowest BCUT2D eigenvalue weighted by molar-refractivity contribution is -0.118. The van der Waals surface area contributed by atoms with Gasteiger partial charge in [0.2, 0.25) is 11.1 Å². The van der Waals surface area contributed by atoms with Crippen molar-refractivity contribution in [2.45, 2.75) is 11.7 Å². The van der Waals surface area contributed by atoms with E-state index in [0.717, 1.165) is 0 Å². The Balaban J connectivity index is 2.49. The van der Waals surface area contributed by atoms with Crippen molar-refractivity contribution in [3.63, 3.8) is 0 Å². The fourth-order valence-electron chi connectivity index (χ4n) is 0.737. The molecule has 0 aromatic carbocycles. The number of hydrogen-bond donors (Lipinski definition) is 2. The number of carbonyl (C=O) groups excluding carboxylic acids is 1. The summed E-state index contributed by atoms with van der Waals surface area (Å²) in [6, 6.07) is 0. The van der Waals surface area contributed by atoms with E-state index in [0.29, 0.717) is 11.7 Å². The van der Waals surface area contributed by atoms with Crippen LogP contribution in [-0.2, 0) is 11.3 Å². The van der Waals surface area contributed by atoms with Crippen molar-refractivity contribution in [2.24, 2.45) is 0 Å². The van der Waals surface area contributed by atoms with E-state index in [4.69, 9.17) is 5.11 Å². The molecule has 8 heteroatoms. The van der Waals surface area contributed by atoms with Crippen LogP contribution in [0.3, 0.4) is 0 Å². The van der Waals surface area contributed by atoms with Crippen molar-refractivity contribution < 1.29 is 9.90 Å². The molecule has 7 nitrogen and oxygen atoms in total. The number of aromatic nitrogens is 4. The summed E-state index contributed by atoms with van der Waals surface area (Å²) >= 11 is 1.23. The van der Waals surface area contributed by atoms with Gasteiger partial charge in [0.1, 0.15) is 0 Å². The van der Waals surface area contributed by atoms with Crippen LogP contribution in [0.2, 0.25) is 0 Å². The quantitative estimate of drug-likeness (QED) is 0.583. The molecule has 0 atom stereocenters. The van der Waals surface area contributed by atoms with Gasteiger partial charge in [-0.1, -0.05) is 11.8 Å². The lowest BCUT2D eigenvalue weighted by Crippen LogP contribution is -2.20. The number of tetrazole rings is 1. The molecule has 0 saturated heterocycles. The zero-order chi connectivity index (χ0) is 10.4. The molecule has 1 heterocycles. The van der Waals surface area contributed by atoms with E-state index in [1.54, 1.807) is 7.05 Å². The SMILES string of the molecule is CNC(=O)CSc1nnnn1CCO.